The van der Waals surface area contributed by atoms with E-state index in [0.29, 0.717) is 0 Å². The Balaban J connectivity index is 2.48. The molecule has 1 aliphatic carbocycles. The summed E-state index contributed by atoms with van der Waals surface area (Å²) in [6.45, 7) is 3.99. The number of carbonyl (C=O) groups excluding carboxylic acids is 1. The van der Waals surface area contributed by atoms with Gasteiger partial charge in [-0.25, -0.2) is 8.42 Å². The summed E-state index contributed by atoms with van der Waals surface area (Å²) in [7, 11) is 1.14. The van der Waals surface area contributed by atoms with E-state index in [2.05, 4.69) is 5.32 Å². The van der Waals surface area contributed by atoms with Gasteiger partial charge in [-0.15, -0.1) is 0 Å². The second kappa shape index (κ2) is 5.46. The van der Waals surface area contributed by atoms with Gasteiger partial charge in [0.2, 0.25) is 0 Å². The van der Waals surface area contributed by atoms with Crippen LogP contribution >= 0.6 is 45.5 Å². The molecule has 21 heavy (non-hydrogen) atoms. The van der Waals surface area contributed by atoms with Crippen molar-refractivity contribution in [3.05, 3.63) is 26.7 Å². The third kappa shape index (κ3) is 3.42. The van der Waals surface area contributed by atoms with Crippen molar-refractivity contribution in [2.24, 2.45) is 5.41 Å². The van der Waals surface area contributed by atoms with E-state index in [4.69, 9.17) is 45.5 Å². The average molecular weight is 391 g/mol. The third-order valence-corrected chi connectivity index (χ3v) is 6.07. The van der Waals surface area contributed by atoms with Gasteiger partial charge in [0.1, 0.15) is 4.90 Å². The standard InChI is InChI=1S/C12H11Cl4NO3S/c1-12(2)4-7(12)17-11(18)8-9(14)5(13)3-6(10(8)15)21(16,19)20/h3,7H,4H2,1-2H3,(H,17,18). The minimum atomic E-state index is -4.15. The first-order chi connectivity index (χ1) is 9.45. The molecule has 1 unspecified atom stereocenters. The Labute approximate surface area is 142 Å². The molecule has 0 saturated heterocycles. The van der Waals surface area contributed by atoms with Crippen LogP contribution in [0.1, 0.15) is 30.6 Å². The predicted octanol–water partition coefficient (Wildman–Crippen LogP) is 4.10. The summed E-state index contributed by atoms with van der Waals surface area (Å²) in [5.41, 5.74) is -0.193. The molecule has 1 atom stereocenters. The summed E-state index contributed by atoms with van der Waals surface area (Å²) >= 11 is 17.8. The predicted molar refractivity (Wildman–Crippen MR) is 84.2 cm³/mol. The molecule has 116 valence electrons. The second-order valence-corrected chi connectivity index (χ2v) is 9.21. The van der Waals surface area contributed by atoms with Crippen molar-refractivity contribution in [3.8, 4) is 0 Å². The van der Waals surface area contributed by atoms with Crippen LogP contribution in [0, 0.1) is 5.41 Å². The van der Waals surface area contributed by atoms with Gasteiger partial charge in [-0.05, 0) is 17.9 Å². The third-order valence-electron chi connectivity index (χ3n) is 3.43. The Bertz CT molecular complexity index is 731. The number of carbonyl (C=O) groups is 1. The van der Waals surface area contributed by atoms with Gasteiger partial charge in [0.25, 0.3) is 15.0 Å². The van der Waals surface area contributed by atoms with Crippen molar-refractivity contribution >= 4 is 60.4 Å². The smallest absolute Gasteiger partial charge is 0.262 e. The van der Waals surface area contributed by atoms with Gasteiger partial charge in [0.05, 0.1) is 20.6 Å². The lowest BCUT2D eigenvalue weighted by Crippen LogP contribution is -2.29. The topological polar surface area (TPSA) is 63.2 Å². The van der Waals surface area contributed by atoms with Crippen molar-refractivity contribution in [1.29, 1.82) is 0 Å². The van der Waals surface area contributed by atoms with Crippen molar-refractivity contribution in [2.45, 2.75) is 31.2 Å². The molecule has 0 aliphatic heterocycles. The largest absolute Gasteiger partial charge is 0.349 e. The summed E-state index contributed by atoms with van der Waals surface area (Å²) in [4.78, 5) is 11.8. The van der Waals surface area contributed by atoms with Crippen LogP contribution in [0.15, 0.2) is 11.0 Å². The molecule has 1 fully saturated rings. The molecule has 0 spiro atoms. The van der Waals surface area contributed by atoms with Crippen LogP contribution in [0.2, 0.25) is 15.1 Å². The maximum Gasteiger partial charge on any atom is 0.262 e. The van der Waals surface area contributed by atoms with Crippen LogP contribution in [-0.2, 0) is 9.05 Å². The van der Waals surface area contributed by atoms with Gasteiger partial charge in [-0.1, -0.05) is 48.7 Å². The van der Waals surface area contributed by atoms with Gasteiger partial charge in [-0.3, -0.25) is 4.79 Å². The summed E-state index contributed by atoms with van der Waals surface area (Å²) in [6.07, 6.45) is 0.815. The SMILES string of the molecule is CC1(C)CC1NC(=O)c1c(Cl)c(Cl)cc(S(=O)(=O)Cl)c1Cl. The Morgan fingerprint density at radius 3 is 2.24 bits per heavy atom. The summed E-state index contributed by atoms with van der Waals surface area (Å²) in [5.74, 6) is -0.579. The van der Waals surface area contributed by atoms with Crippen LogP contribution in [0.4, 0.5) is 0 Å². The molecule has 1 saturated carbocycles. The highest BCUT2D eigenvalue weighted by molar-refractivity contribution is 8.13. The molecule has 2 rings (SSSR count). The molecule has 1 amide bonds. The molecular weight excluding hydrogens is 380 g/mol. The Hall–Kier alpha value is -0.200. The van der Waals surface area contributed by atoms with E-state index in [-0.39, 0.29) is 32.1 Å². The quantitative estimate of drug-likeness (QED) is 0.624. The van der Waals surface area contributed by atoms with Gasteiger partial charge >= 0.3 is 0 Å². The van der Waals surface area contributed by atoms with Gasteiger partial charge in [0, 0.05) is 16.7 Å². The highest BCUT2D eigenvalue weighted by Gasteiger charge is 2.47. The lowest BCUT2D eigenvalue weighted by atomic mass is 10.1. The number of hydrogen-bond donors (Lipinski definition) is 1. The number of amides is 1. The normalized spacial score (nSPS) is 20.2. The van der Waals surface area contributed by atoms with E-state index in [1.54, 1.807) is 0 Å². The van der Waals surface area contributed by atoms with E-state index in [0.717, 1.165) is 12.5 Å². The van der Waals surface area contributed by atoms with Gasteiger partial charge < -0.3 is 5.32 Å². The Morgan fingerprint density at radius 2 is 1.81 bits per heavy atom. The Kier molecular flexibility index (Phi) is 4.46. The Morgan fingerprint density at radius 1 is 1.29 bits per heavy atom. The fourth-order valence-corrected chi connectivity index (χ4v) is 4.05. The molecule has 1 aliphatic rings. The van der Waals surface area contributed by atoms with E-state index in [1.165, 1.54) is 0 Å². The van der Waals surface area contributed by atoms with Crippen molar-refractivity contribution < 1.29 is 13.2 Å². The van der Waals surface area contributed by atoms with Crippen LogP contribution in [0.25, 0.3) is 0 Å². The van der Waals surface area contributed by atoms with Gasteiger partial charge in [-0.2, -0.15) is 0 Å². The zero-order chi connectivity index (χ0) is 16.2. The lowest BCUT2D eigenvalue weighted by molar-refractivity contribution is 0.0946. The van der Waals surface area contributed by atoms with Crippen LogP contribution < -0.4 is 5.32 Å². The molecule has 1 N–H and O–H groups in total. The van der Waals surface area contributed by atoms with Crippen molar-refractivity contribution in [2.75, 3.05) is 0 Å². The van der Waals surface area contributed by atoms with Crippen LogP contribution in [0.3, 0.4) is 0 Å². The fourth-order valence-electron chi connectivity index (χ4n) is 1.90. The van der Waals surface area contributed by atoms with Gasteiger partial charge in [0.15, 0.2) is 0 Å². The molecule has 0 bridgehead atoms. The summed E-state index contributed by atoms with van der Waals surface area (Å²) in [5, 5.41) is 2.19. The molecule has 1 aromatic carbocycles. The maximum atomic E-state index is 12.3. The highest BCUT2D eigenvalue weighted by Crippen LogP contribution is 2.45. The van der Waals surface area contributed by atoms with Crippen LogP contribution in [0.5, 0.6) is 0 Å². The van der Waals surface area contributed by atoms with Crippen molar-refractivity contribution in [3.63, 3.8) is 0 Å². The first-order valence-corrected chi connectivity index (χ1v) is 9.32. The molecule has 0 heterocycles. The van der Waals surface area contributed by atoms with Crippen molar-refractivity contribution in [1.82, 2.24) is 5.32 Å². The van der Waals surface area contributed by atoms with Crippen LogP contribution in [-0.4, -0.2) is 20.4 Å². The second-order valence-electron chi connectivity index (χ2n) is 5.52. The minimum Gasteiger partial charge on any atom is -0.349 e. The molecule has 1 aromatic rings. The number of halogens is 4. The highest BCUT2D eigenvalue weighted by atomic mass is 35.7. The maximum absolute atomic E-state index is 12.3. The molecule has 0 aromatic heterocycles. The molecular formula is C12H11Cl4NO3S. The first kappa shape index (κ1) is 17.2. The summed E-state index contributed by atoms with van der Waals surface area (Å²) in [6, 6.07) is 0.999. The molecule has 4 nitrogen and oxygen atoms in total. The van der Waals surface area contributed by atoms with E-state index in [9.17, 15) is 13.2 Å². The number of hydrogen-bond acceptors (Lipinski definition) is 3. The fraction of sp³-hybridized carbons (Fsp3) is 0.417. The zero-order valence-electron chi connectivity index (χ0n) is 11.0. The van der Waals surface area contributed by atoms with E-state index in [1.807, 2.05) is 13.8 Å². The average Bonchev–Trinajstić information content (AvgIpc) is 2.89. The van der Waals surface area contributed by atoms with E-state index < -0.39 is 19.9 Å². The molecule has 9 heteroatoms. The number of nitrogens with one attached hydrogen (secondary N) is 1. The molecule has 0 radical (unpaired) electrons. The number of rotatable bonds is 3. The lowest BCUT2D eigenvalue weighted by Gasteiger charge is -2.13. The minimum absolute atomic E-state index is 0.00538. The monoisotopic (exact) mass is 389 g/mol. The van der Waals surface area contributed by atoms with E-state index >= 15 is 0 Å². The number of benzene rings is 1. The first-order valence-electron chi connectivity index (χ1n) is 5.88. The summed E-state index contributed by atoms with van der Waals surface area (Å²) < 4.78 is 23.0. The zero-order valence-corrected chi connectivity index (χ0v) is 14.8.